The molecular weight excluding hydrogens is 238 g/mol. The lowest BCUT2D eigenvalue weighted by Crippen LogP contribution is -2.40. The van der Waals surface area contributed by atoms with Gasteiger partial charge in [0.15, 0.2) is 0 Å². The molecule has 0 bridgehead atoms. The fraction of sp³-hybridized carbons (Fsp3) is 0.667. The second-order valence-corrected chi connectivity index (χ2v) is 5.13. The average Bonchev–Trinajstić information content (AvgIpc) is 2.47. The second kappa shape index (κ2) is 6.87. The highest BCUT2D eigenvalue weighted by molar-refractivity contribution is 5.40. The number of rotatable bonds is 5. The molecule has 0 spiro atoms. The summed E-state index contributed by atoms with van der Waals surface area (Å²) in [4.78, 5) is 6.93. The van der Waals surface area contributed by atoms with E-state index in [1.54, 1.807) is 0 Å². The number of ether oxygens (including phenoxy) is 1. The zero-order valence-corrected chi connectivity index (χ0v) is 12.2. The molecular formula is C15H25N3O. The summed E-state index contributed by atoms with van der Waals surface area (Å²) in [5.74, 6) is 1.07. The van der Waals surface area contributed by atoms with Gasteiger partial charge in [-0.3, -0.25) is 0 Å². The lowest BCUT2D eigenvalue weighted by Gasteiger charge is -2.33. The van der Waals surface area contributed by atoms with Crippen molar-refractivity contribution in [2.75, 3.05) is 31.6 Å². The Morgan fingerprint density at radius 2 is 2.37 bits per heavy atom. The van der Waals surface area contributed by atoms with E-state index in [0.717, 1.165) is 25.5 Å². The van der Waals surface area contributed by atoms with Crippen LogP contribution in [0.4, 0.5) is 5.82 Å². The van der Waals surface area contributed by atoms with Crippen molar-refractivity contribution in [3.05, 3.63) is 23.9 Å². The monoisotopic (exact) mass is 263 g/mol. The number of nitrogens with one attached hydrogen (secondary N) is 1. The summed E-state index contributed by atoms with van der Waals surface area (Å²) in [5.41, 5.74) is 1.23. The summed E-state index contributed by atoms with van der Waals surface area (Å²) in [6, 6.07) is 4.63. The Balaban J connectivity index is 2.01. The maximum atomic E-state index is 5.73. The van der Waals surface area contributed by atoms with Gasteiger partial charge in [-0.05, 0) is 45.4 Å². The van der Waals surface area contributed by atoms with Gasteiger partial charge in [0.25, 0.3) is 0 Å². The predicted molar refractivity (Wildman–Crippen MR) is 78.6 cm³/mol. The first kappa shape index (κ1) is 14.3. The van der Waals surface area contributed by atoms with Crippen molar-refractivity contribution >= 4 is 5.82 Å². The zero-order valence-electron chi connectivity index (χ0n) is 12.2. The molecule has 4 nitrogen and oxygen atoms in total. The van der Waals surface area contributed by atoms with Gasteiger partial charge in [0.1, 0.15) is 5.82 Å². The molecule has 1 saturated heterocycles. The number of piperidine rings is 1. The molecule has 1 aliphatic heterocycles. The zero-order chi connectivity index (χ0) is 13.7. The van der Waals surface area contributed by atoms with Crippen molar-refractivity contribution in [1.82, 2.24) is 10.3 Å². The highest BCUT2D eigenvalue weighted by Crippen LogP contribution is 2.21. The first-order valence-corrected chi connectivity index (χ1v) is 7.24. The summed E-state index contributed by atoms with van der Waals surface area (Å²) in [6.07, 6.45) is 4.68. The van der Waals surface area contributed by atoms with Gasteiger partial charge >= 0.3 is 0 Å². The molecule has 4 heteroatoms. The minimum Gasteiger partial charge on any atom is -0.377 e. The third-order valence-corrected chi connectivity index (χ3v) is 3.81. The van der Waals surface area contributed by atoms with Crippen LogP contribution >= 0.6 is 0 Å². The van der Waals surface area contributed by atoms with E-state index in [0.29, 0.717) is 12.1 Å². The van der Waals surface area contributed by atoms with Crippen molar-refractivity contribution in [2.45, 2.75) is 38.8 Å². The van der Waals surface area contributed by atoms with Crippen molar-refractivity contribution < 1.29 is 4.74 Å². The molecule has 19 heavy (non-hydrogen) atoms. The number of nitrogens with zero attached hydrogens (tertiary/aromatic N) is 2. The van der Waals surface area contributed by atoms with Crippen LogP contribution in [0.3, 0.4) is 0 Å². The van der Waals surface area contributed by atoms with Crippen molar-refractivity contribution in [3.8, 4) is 0 Å². The van der Waals surface area contributed by atoms with E-state index in [9.17, 15) is 0 Å². The highest BCUT2D eigenvalue weighted by Gasteiger charge is 2.21. The molecule has 2 unspecified atom stereocenters. The van der Waals surface area contributed by atoms with Crippen LogP contribution < -0.4 is 10.2 Å². The van der Waals surface area contributed by atoms with E-state index in [-0.39, 0.29) is 0 Å². The van der Waals surface area contributed by atoms with Gasteiger partial charge in [-0.25, -0.2) is 4.98 Å². The van der Waals surface area contributed by atoms with Crippen molar-refractivity contribution in [2.24, 2.45) is 0 Å². The molecule has 0 aromatic carbocycles. The first-order valence-electron chi connectivity index (χ1n) is 7.24. The number of aromatic nitrogens is 1. The summed E-state index contributed by atoms with van der Waals surface area (Å²) < 4.78 is 5.73. The van der Waals surface area contributed by atoms with Crippen molar-refractivity contribution in [3.63, 3.8) is 0 Å². The van der Waals surface area contributed by atoms with Gasteiger partial charge in [-0.2, -0.15) is 0 Å². The maximum Gasteiger partial charge on any atom is 0.128 e. The standard InChI is InChI=1S/C15H25N3O/c1-4-19-14-6-5-9-18(11-14)15-8-7-13(10-17-15)12(2)16-3/h7-8,10,12,14,16H,4-6,9,11H2,1-3H3. The van der Waals surface area contributed by atoms with Crippen LogP contribution in [0.15, 0.2) is 18.3 Å². The minimum atomic E-state index is 0.346. The highest BCUT2D eigenvalue weighted by atomic mass is 16.5. The van der Waals surface area contributed by atoms with Crippen LogP contribution in [0.25, 0.3) is 0 Å². The van der Waals surface area contributed by atoms with Gasteiger partial charge in [0.2, 0.25) is 0 Å². The molecule has 1 fully saturated rings. The lowest BCUT2D eigenvalue weighted by atomic mass is 10.1. The summed E-state index contributed by atoms with van der Waals surface area (Å²) in [7, 11) is 1.97. The second-order valence-electron chi connectivity index (χ2n) is 5.13. The van der Waals surface area contributed by atoms with E-state index in [1.165, 1.54) is 18.4 Å². The van der Waals surface area contributed by atoms with E-state index in [1.807, 2.05) is 13.2 Å². The van der Waals surface area contributed by atoms with E-state index in [2.05, 4.69) is 41.2 Å². The number of anilines is 1. The number of hydrogen-bond acceptors (Lipinski definition) is 4. The van der Waals surface area contributed by atoms with Crippen LogP contribution in [0.2, 0.25) is 0 Å². The van der Waals surface area contributed by atoms with E-state index >= 15 is 0 Å². The van der Waals surface area contributed by atoms with E-state index < -0.39 is 0 Å². The molecule has 1 aromatic heterocycles. The Morgan fingerprint density at radius 3 is 3.00 bits per heavy atom. The third kappa shape index (κ3) is 3.67. The first-order chi connectivity index (χ1) is 9.24. The Kier molecular flexibility index (Phi) is 5.16. The average molecular weight is 263 g/mol. The fourth-order valence-electron chi connectivity index (χ4n) is 2.53. The maximum absolute atomic E-state index is 5.73. The molecule has 1 aliphatic rings. The smallest absolute Gasteiger partial charge is 0.128 e. The van der Waals surface area contributed by atoms with Crippen molar-refractivity contribution in [1.29, 1.82) is 0 Å². The summed E-state index contributed by atoms with van der Waals surface area (Å²) in [5, 5.41) is 3.23. The third-order valence-electron chi connectivity index (χ3n) is 3.81. The quantitative estimate of drug-likeness (QED) is 0.885. The Morgan fingerprint density at radius 1 is 1.53 bits per heavy atom. The number of pyridine rings is 1. The molecule has 2 heterocycles. The summed E-state index contributed by atoms with van der Waals surface area (Å²) in [6.45, 7) is 7.04. The van der Waals surface area contributed by atoms with Gasteiger partial charge in [-0.15, -0.1) is 0 Å². The Bertz CT molecular complexity index is 377. The SMILES string of the molecule is CCOC1CCCN(c2ccc(C(C)NC)cn2)C1. The van der Waals surface area contributed by atoms with Crippen LogP contribution in [0, 0.1) is 0 Å². The molecule has 0 saturated carbocycles. The van der Waals surface area contributed by atoms with Crippen LogP contribution in [-0.4, -0.2) is 37.8 Å². The van der Waals surface area contributed by atoms with Gasteiger partial charge in [0, 0.05) is 31.9 Å². The Labute approximate surface area is 116 Å². The molecule has 0 aliphatic carbocycles. The Hall–Kier alpha value is -1.13. The number of hydrogen-bond donors (Lipinski definition) is 1. The van der Waals surface area contributed by atoms with Gasteiger partial charge in [-0.1, -0.05) is 6.07 Å². The molecule has 2 rings (SSSR count). The minimum absolute atomic E-state index is 0.346. The lowest BCUT2D eigenvalue weighted by molar-refractivity contribution is 0.0525. The predicted octanol–water partition coefficient (Wildman–Crippen LogP) is 2.37. The molecule has 2 atom stereocenters. The van der Waals surface area contributed by atoms with Crippen LogP contribution in [0.1, 0.15) is 38.3 Å². The normalized spacial score (nSPS) is 21.4. The molecule has 1 N–H and O–H groups in total. The summed E-state index contributed by atoms with van der Waals surface area (Å²) >= 11 is 0. The molecule has 0 radical (unpaired) electrons. The van der Waals surface area contributed by atoms with Crippen LogP contribution in [-0.2, 0) is 4.74 Å². The van der Waals surface area contributed by atoms with Crippen LogP contribution in [0.5, 0.6) is 0 Å². The van der Waals surface area contributed by atoms with Gasteiger partial charge < -0.3 is 15.0 Å². The molecule has 1 aromatic rings. The van der Waals surface area contributed by atoms with Gasteiger partial charge in [0.05, 0.1) is 6.10 Å². The van der Waals surface area contributed by atoms with E-state index in [4.69, 9.17) is 4.74 Å². The topological polar surface area (TPSA) is 37.4 Å². The molecule has 106 valence electrons. The largest absolute Gasteiger partial charge is 0.377 e. The molecule has 0 amide bonds. The fourth-order valence-corrected chi connectivity index (χ4v) is 2.53.